The van der Waals surface area contributed by atoms with Crippen LogP contribution >= 0.6 is 0 Å². The lowest BCUT2D eigenvalue weighted by atomic mass is 10.2. The van der Waals surface area contributed by atoms with Gasteiger partial charge in [-0.3, -0.25) is 4.79 Å². The molecule has 0 fully saturated rings. The topological polar surface area (TPSA) is 84.6 Å². The monoisotopic (exact) mass is 238 g/mol. The summed E-state index contributed by atoms with van der Waals surface area (Å²) in [6.07, 6.45) is 0. The minimum atomic E-state index is -0.996. The fraction of sp³-hybridized carbons (Fsp3) is 0.417. The van der Waals surface area contributed by atoms with Crippen molar-refractivity contribution < 1.29 is 14.6 Å². The molecule has 0 spiro atoms. The zero-order valence-corrected chi connectivity index (χ0v) is 9.85. The fourth-order valence-corrected chi connectivity index (χ4v) is 1.33. The number of hydrogen-bond donors (Lipinski definition) is 3. The van der Waals surface area contributed by atoms with Crippen LogP contribution in [0.2, 0.25) is 0 Å². The third kappa shape index (κ3) is 4.84. The Bertz CT molecular complexity index is 351. The Labute approximate surface area is 101 Å². The van der Waals surface area contributed by atoms with E-state index >= 15 is 0 Å². The molecule has 94 valence electrons. The Hall–Kier alpha value is -1.59. The second-order valence-corrected chi connectivity index (χ2v) is 3.65. The van der Waals surface area contributed by atoms with E-state index in [1.807, 2.05) is 31.2 Å². The van der Waals surface area contributed by atoms with E-state index in [4.69, 9.17) is 15.6 Å². The second-order valence-electron chi connectivity index (χ2n) is 3.65. The first kappa shape index (κ1) is 13.5. The molecule has 0 aliphatic rings. The predicted molar refractivity (Wildman–Crippen MR) is 64.9 cm³/mol. The highest BCUT2D eigenvalue weighted by molar-refractivity contribution is 5.73. The number of ether oxygens (including phenoxy) is 1. The maximum Gasteiger partial charge on any atom is 0.321 e. The van der Waals surface area contributed by atoms with Gasteiger partial charge in [-0.25, -0.2) is 0 Å². The van der Waals surface area contributed by atoms with Crippen LogP contribution in [0.3, 0.4) is 0 Å². The largest absolute Gasteiger partial charge is 0.494 e. The van der Waals surface area contributed by atoms with E-state index in [1.165, 1.54) is 0 Å². The molecule has 0 saturated heterocycles. The Morgan fingerprint density at radius 1 is 1.47 bits per heavy atom. The summed E-state index contributed by atoms with van der Waals surface area (Å²) in [6, 6.07) is 6.78. The molecule has 0 amide bonds. The summed E-state index contributed by atoms with van der Waals surface area (Å²) in [5, 5.41) is 11.6. The van der Waals surface area contributed by atoms with E-state index in [0.717, 1.165) is 11.3 Å². The van der Waals surface area contributed by atoms with Crippen molar-refractivity contribution in [1.82, 2.24) is 5.32 Å². The van der Waals surface area contributed by atoms with Gasteiger partial charge in [0.2, 0.25) is 0 Å². The van der Waals surface area contributed by atoms with Crippen LogP contribution in [0.1, 0.15) is 12.5 Å². The lowest BCUT2D eigenvalue weighted by Crippen LogP contribution is -2.40. The smallest absolute Gasteiger partial charge is 0.321 e. The molecule has 17 heavy (non-hydrogen) atoms. The van der Waals surface area contributed by atoms with Gasteiger partial charge in [-0.15, -0.1) is 0 Å². The standard InChI is InChI=1S/C12H18N2O3/c1-2-17-10-5-3-9(4-6-10)7-14-8-11(13)12(15)16/h3-6,11,14H,2,7-8,13H2,1H3,(H,15,16). The van der Waals surface area contributed by atoms with Gasteiger partial charge in [-0.2, -0.15) is 0 Å². The lowest BCUT2D eigenvalue weighted by molar-refractivity contribution is -0.138. The Balaban J connectivity index is 2.34. The number of nitrogens with two attached hydrogens (primary N) is 1. The lowest BCUT2D eigenvalue weighted by Gasteiger charge is -2.09. The highest BCUT2D eigenvalue weighted by Gasteiger charge is 2.09. The molecular weight excluding hydrogens is 220 g/mol. The molecule has 1 rings (SSSR count). The van der Waals surface area contributed by atoms with Crippen molar-refractivity contribution >= 4 is 5.97 Å². The number of carboxylic acids is 1. The Morgan fingerprint density at radius 2 is 2.12 bits per heavy atom. The van der Waals surface area contributed by atoms with Crippen molar-refractivity contribution in [2.24, 2.45) is 5.73 Å². The molecule has 0 saturated carbocycles. The van der Waals surface area contributed by atoms with Crippen LogP contribution in [0.15, 0.2) is 24.3 Å². The summed E-state index contributed by atoms with van der Waals surface area (Å²) in [7, 11) is 0. The summed E-state index contributed by atoms with van der Waals surface area (Å²) in [5.74, 6) is -0.164. The molecule has 5 heteroatoms. The number of aliphatic carboxylic acids is 1. The van der Waals surface area contributed by atoms with Crippen LogP contribution in [0.25, 0.3) is 0 Å². The maximum atomic E-state index is 10.5. The molecule has 0 bridgehead atoms. The van der Waals surface area contributed by atoms with E-state index < -0.39 is 12.0 Å². The third-order valence-corrected chi connectivity index (χ3v) is 2.24. The highest BCUT2D eigenvalue weighted by Crippen LogP contribution is 2.11. The third-order valence-electron chi connectivity index (χ3n) is 2.24. The Morgan fingerprint density at radius 3 is 2.65 bits per heavy atom. The minimum Gasteiger partial charge on any atom is -0.494 e. The first-order chi connectivity index (χ1) is 8.13. The molecular formula is C12H18N2O3. The van der Waals surface area contributed by atoms with Gasteiger partial charge >= 0.3 is 5.97 Å². The number of hydrogen-bond acceptors (Lipinski definition) is 4. The number of nitrogens with one attached hydrogen (secondary N) is 1. The van der Waals surface area contributed by atoms with E-state index in [1.54, 1.807) is 0 Å². The van der Waals surface area contributed by atoms with E-state index in [-0.39, 0.29) is 6.54 Å². The molecule has 0 aliphatic carbocycles. The molecule has 5 nitrogen and oxygen atoms in total. The first-order valence-electron chi connectivity index (χ1n) is 5.54. The van der Waals surface area contributed by atoms with Crippen LogP contribution in [0.4, 0.5) is 0 Å². The summed E-state index contributed by atoms with van der Waals surface area (Å²) >= 11 is 0. The summed E-state index contributed by atoms with van der Waals surface area (Å²) in [5.41, 5.74) is 6.42. The van der Waals surface area contributed by atoms with Gasteiger partial charge in [0.05, 0.1) is 6.61 Å². The van der Waals surface area contributed by atoms with E-state index in [9.17, 15) is 4.79 Å². The molecule has 0 radical (unpaired) electrons. The SMILES string of the molecule is CCOc1ccc(CNCC(N)C(=O)O)cc1. The molecule has 1 unspecified atom stereocenters. The average Bonchev–Trinajstić information content (AvgIpc) is 2.31. The highest BCUT2D eigenvalue weighted by atomic mass is 16.5. The fourth-order valence-electron chi connectivity index (χ4n) is 1.33. The van der Waals surface area contributed by atoms with Gasteiger partial charge in [0, 0.05) is 13.1 Å². The molecule has 4 N–H and O–H groups in total. The molecule has 1 aromatic carbocycles. The van der Waals surface area contributed by atoms with Crippen LogP contribution in [0, 0.1) is 0 Å². The normalized spacial score (nSPS) is 12.1. The average molecular weight is 238 g/mol. The second kappa shape index (κ2) is 6.88. The zero-order chi connectivity index (χ0) is 12.7. The molecule has 0 aromatic heterocycles. The number of benzene rings is 1. The zero-order valence-electron chi connectivity index (χ0n) is 9.85. The summed E-state index contributed by atoms with van der Waals surface area (Å²) < 4.78 is 5.32. The van der Waals surface area contributed by atoms with Crippen molar-refractivity contribution in [3.8, 4) is 5.75 Å². The van der Waals surface area contributed by atoms with Crippen LogP contribution < -0.4 is 15.8 Å². The van der Waals surface area contributed by atoms with Gasteiger partial charge in [0.25, 0.3) is 0 Å². The van der Waals surface area contributed by atoms with Crippen molar-refractivity contribution in [2.45, 2.75) is 19.5 Å². The van der Waals surface area contributed by atoms with Crippen molar-refractivity contribution in [2.75, 3.05) is 13.2 Å². The van der Waals surface area contributed by atoms with Crippen molar-refractivity contribution in [3.05, 3.63) is 29.8 Å². The molecule has 0 heterocycles. The van der Waals surface area contributed by atoms with Gasteiger partial charge in [0.15, 0.2) is 0 Å². The molecule has 1 aromatic rings. The maximum absolute atomic E-state index is 10.5. The quantitative estimate of drug-likeness (QED) is 0.647. The van der Waals surface area contributed by atoms with E-state index in [0.29, 0.717) is 13.2 Å². The van der Waals surface area contributed by atoms with Crippen LogP contribution in [-0.4, -0.2) is 30.3 Å². The number of carbonyl (C=O) groups is 1. The number of carboxylic acid groups (broad SMARTS) is 1. The van der Waals surface area contributed by atoms with Crippen molar-refractivity contribution in [3.63, 3.8) is 0 Å². The van der Waals surface area contributed by atoms with Gasteiger partial charge in [0.1, 0.15) is 11.8 Å². The van der Waals surface area contributed by atoms with Gasteiger partial charge in [-0.05, 0) is 24.6 Å². The number of rotatable bonds is 7. The van der Waals surface area contributed by atoms with Crippen LogP contribution in [0.5, 0.6) is 5.75 Å². The predicted octanol–water partition coefficient (Wildman–Crippen LogP) is 0.587. The van der Waals surface area contributed by atoms with Crippen LogP contribution in [-0.2, 0) is 11.3 Å². The minimum absolute atomic E-state index is 0.253. The summed E-state index contributed by atoms with van der Waals surface area (Å²) in [6.45, 7) is 3.42. The summed E-state index contributed by atoms with van der Waals surface area (Å²) in [4.78, 5) is 10.5. The van der Waals surface area contributed by atoms with E-state index in [2.05, 4.69) is 5.32 Å². The Kier molecular flexibility index (Phi) is 5.45. The van der Waals surface area contributed by atoms with Gasteiger partial charge in [-0.1, -0.05) is 12.1 Å². The molecule has 1 atom stereocenters. The van der Waals surface area contributed by atoms with Crippen molar-refractivity contribution in [1.29, 1.82) is 0 Å². The first-order valence-corrected chi connectivity index (χ1v) is 5.54. The van der Waals surface area contributed by atoms with Gasteiger partial charge < -0.3 is 20.9 Å². The molecule has 0 aliphatic heterocycles.